The van der Waals surface area contributed by atoms with E-state index in [2.05, 4.69) is 15.6 Å². The number of carboxylic acids is 1. The second-order valence-electron chi connectivity index (χ2n) is 3.97. The molecule has 0 bridgehead atoms. The molecule has 1 heterocycles. The largest absolute Gasteiger partial charge is 0.481 e. The molecule has 0 saturated carbocycles. The first-order chi connectivity index (χ1) is 8.59. The Morgan fingerprint density at radius 2 is 2.28 bits per heavy atom. The summed E-state index contributed by atoms with van der Waals surface area (Å²) in [6, 6.07) is -0.258. The van der Waals surface area contributed by atoms with Gasteiger partial charge in [-0.2, -0.15) is 0 Å². The number of amides is 2. The van der Waals surface area contributed by atoms with E-state index in [9.17, 15) is 9.59 Å². The summed E-state index contributed by atoms with van der Waals surface area (Å²) in [7, 11) is 0. The van der Waals surface area contributed by atoms with Crippen molar-refractivity contribution in [1.29, 1.82) is 0 Å². The molecule has 1 unspecified atom stereocenters. The molecule has 1 rings (SSSR count). The Balaban J connectivity index is 2.05. The van der Waals surface area contributed by atoms with Crippen LogP contribution in [0.1, 0.15) is 25.5 Å². The van der Waals surface area contributed by atoms with Gasteiger partial charge in [-0.3, -0.25) is 4.79 Å². The molecule has 1 aromatic heterocycles. The van der Waals surface area contributed by atoms with Gasteiger partial charge in [0.25, 0.3) is 0 Å². The summed E-state index contributed by atoms with van der Waals surface area (Å²) in [5.41, 5.74) is 2.54. The van der Waals surface area contributed by atoms with Gasteiger partial charge in [0.15, 0.2) is 0 Å². The van der Waals surface area contributed by atoms with Crippen molar-refractivity contribution in [2.75, 3.05) is 6.54 Å². The molecule has 0 saturated heterocycles. The summed E-state index contributed by atoms with van der Waals surface area (Å²) in [5.74, 6) is -1.17. The highest BCUT2D eigenvalue weighted by atomic mass is 32.1. The van der Waals surface area contributed by atoms with Crippen LogP contribution in [0.15, 0.2) is 10.9 Å². The van der Waals surface area contributed by atoms with Crippen LogP contribution in [0.5, 0.6) is 0 Å². The Hall–Kier alpha value is -1.63. The van der Waals surface area contributed by atoms with Crippen molar-refractivity contribution in [1.82, 2.24) is 15.6 Å². The van der Waals surface area contributed by atoms with Crippen LogP contribution in [0.3, 0.4) is 0 Å². The van der Waals surface area contributed by atoms with Crippen molar-refractivity contribution >= 4 is 23.3 Å². The quantitative estimate of drug-likeness (QED) is 0.654. The molecule has 1 aromatic rings. The Labute approximate surface area is 109 Å². The zero-order valence-electron chi connectivity index (χ0n) is 10.2. The number of aromatic nitrogens is 1. The van der Waals surface area contributed by atoms with Gasteiger partial charge in [0.05, 0.1) is 23.7 Å². The maximum Gasteiger partial charge on any atom is 0.315 e. The third kappa shape index (κ3) is 5.62. The molecule has 0 aliphatic carbocycles. The number of carbonyl (C=O) groups is 2. The number of rotatable bonds is 7. The van der Waals surface area contributed by atoms with Crippen molar-refractivity contribution in [2.24, 2.45) is 5.92 Å². The average molecular weight is 271 g/mol. The molecule has 3 N–H and O–H groups in total. The number of nitrogens with zero attached hydrogens (tertiary/aromatic N) is 1. The van der Waals surface area contributed by atoms with Crippen molar-refractivity contribution in [3.63, 3.8) is 0 Å². The van der Waals surface area contributed by atoms with E-state index in [1.165, 1.54) is 11.3 Å². The summed E-state index contributed by atoms with van der Waals surface area (Å²) in [4.78, 5) is 25.9. The van der Waals surface area contributed by atoms with Crippen molar-refractivity contribution < 1.29 is 14.7 Å². The van der Waals surface area contributed by atoms with Gasteiger partial charge in [0.1, 0.15) is 0 Å². The van der Waals surface area contributed by atoms with E-state index in [0.29, 0.717) is 25.9 Å². The van der Waals surface area contributed by atoms with Crippen LogP contribution in [0.2, 0.25) is 0 Å². The van der Waals surface area contributed by atoms with Gasteiger partial charge >= 0.3 is 12.0 Å². The van der Waals surface area contributed by atoms with E-state index in [-0.39, 0.29) is 11.9 Å². The summed E-state index contributed by atoms with van der Waals surface area (Å²) < 4.78 is 0. The minimum Gasteiger partial charge on any atom is -0.481 e. The fourth-order valence-electron chi connectivity index (χ4n) is 1.29. The average Bonchev–Trinajstić information content (AvgIpc) is 2.84. The molecule has 0 spiro atoms. The van der Waals surface area contributed by atoms with Crippen LogP contribution >= 0.6 is 11.3 Å². The first kappa shape index (κ1) is 14.4. The van der Waals surface area contributed by atoms with Crippen molar-refractivity contribution in [3.05, 3.63) is 16.6 Å². The number of hydrogen-bond donors (Lipinski definition) is 3. The van der Waals surface area contributed by atoms with E-state index >= 15 is 0 Å². The lowest BCUT2D eigenvalue weighted by Gasteiger charge is -2.08. The number of urea groups is 1. The van der Waals surface area contributed by atoms with Crippen molar-refractivity contribution in [3.8, 4) is 0 Å². The molecule has 6 nitrogen and oxygen atoms in total. The van der Waals surface area contributed by atoms with E-state index < -0.39 is 5.97 Å². The highest BCUT2D eigenvalue weighted by Crippen LogP contribution is 2.04. The molecular formula is C11H17N3O3S. The fourth-order valence-corrected chi connectivity index (χ4v) is 1.85. The standard InChI is InChI=1S/C11H17N3O3S/c1-8(10(15)16)3-2-4-12-11(17)13-5-9-6-18-7-14-9/h6-8H,2-5H2,1H3,(H,15,16)(H2,12,13,17). The highest BCUT2D eigenvalue weighted by Gasteiger charge is 2.09. The molecule has 0 aromatic carbocycles. The summed E-state index contributed by atoms with van der Waals surface area (Å²) >= 11 is 1.48. The monoisotopic (exact) mass is 271 g/mol. The van der Waals surface area contributed by atoms with Gasteiger partial charge in [-0.05, 0) is 12.8 Å². The summed E-state index contributed by atoms with van der Waals surface area (Å²) in [6.07, 6.45) is 1.21. The maximum atomic E-state index is 11.4. The zero-order chi connectivity index (χ0) is 13.4. The second kappa shape index (κ2) is 7.65. The Morgan fingerprint density at radius 1 is 1.50 bits per heavy atom. The molecule has 100 valence electrons. The van der Waals surface area contributed by atoms with Crippen LogP contribution in [-0.4, -0.2) is 28.6 Å². The minimum absolute atomic E-state index is 0.258. The highest BCUT2D eigenvalue weighted by molar-refractivity contribution is 7.07. The van der Waals surface area contributed by atoms with Gasteiger partial charge in [0.2, 0.25) is 0 Å². The lowest BCUT2D eigenvalue weighted by atomic mass is 10.1. The van der Waals surface area contributed by atoms with Crippen LogP contribution in [-0.2, 0) is 11.3 Å². The van der Waals surface area contributed by atoms with Gasteiger partial charge in [0, 0.05) is 11.9 Å². The molecular weight excluding hydrogens is 254 g/mol. The normalized spacial score (nSPS) is 11.8. The maximum absolute atomic E-state index is 11.4. The Kier molecular flexibility index (Phi) is 6.13. The first-order valence-corrected chi connectivity index (χ1v) is 6.65. The second-order valence-corrected chi connectivity index (χ2v) is 4.69. The number of carbonyl (C=O) groups excluding carboxylic acids is 1. The van der Waals surface area contributed by atoms with Gasteiger partial charge < -0.3 is 15.7 Å². The number of hydrogen-bond acceptors (Lipinski definition) is 4. The molecule has 1 atom stereocenters. The lowest BCUT2D eigenvalue weighted by molar-refractivity contribution is -0.141. The topological polar surface area (TPSA) is 91.3 Å². The zero-order valence-corrected chi connectivity index (χ0v) is 11.0. The number of aliphatic carboxylic acids is 1. The van der Waals surface area contributed by atoms with Crippen LogP contribution in [0, 0.1) is 5.92 Å². The van der Waals surface area contributed by atoms with Crippen LogP contribution in [0.4, 0.5) is 4.79 Å². The van der Waals surface area contributed by atoms with E-state index in [1.807, 2.05) is 5.38 Å². The van der Waals surface area contributed by atoms with E-state index in [1.54, 1.807) is 12.4 Å². The van der Waals surface area contributed by atoms with Gasteiger partial charge in [-0.25, -0.2) is 9.78 Å². The SMILES string of the molecule is CC(CCCNC(=O)NCc1cscn1)C(=O)O. The molecule has 0 aliphatic heterocycles. The minimum atomic E-state index is -0.803. The van der Waals surface area contributed by atoms with Crippen LogP contribution in [0.25, 0.3) is 0 Å². The fraction of sp³-hybridized carbons (Fsp3) is 0.545. The Bertz CT molecular complexity index is 381. The van der Waals surface area contributed by atoms with Gasteiger partial charge in [-0.1, -0.05) is 6.92 Å². The predicted molar refractivity (Wildman–Crippen MR) is 68.4 cm³/mol. The predicted octanol–water partition coefficient (Wildman–Crippen LogP) is 1.44. The third-order valence-electron chi connectivity index (χ3n) is 2.43. The summed E-state index contributed by atoms with van der Waals surface area (Å²) in [6.45, 7) is 2.53. The van der Waals surface area contributed by atoms with Crippen molar-refractivity contribution in [2.45, 2.75) is 26.3 Å². The number of thiazole rings is 1. The summed E-state index contributed by atoms with van der Waals surface area (Å²) in [5, 5.41) is 15.9. The van der Waals surface area contributed by atoms with E-state index in [0.717, 1.165) is 5.69 Å². The molecule has 7 heteroatoms. The van der Waals surface area contributed by atoms with Gasteiger partial charge in [-0.15, -0.1) is 11.3 Å². The smallest absolute Gasteiger partial charge is 0.315 e. The number of nitrogens with one attached hydrogen (secondary N) is 2. The lowest BCUT2D eigenvalue weighted by Crippen LogP contribution is -2.35. The number of carboxylic acid groups (broad SMARTS) is 1. The van der Waals surface area contributed by atoms with Crippen LogP contribution < -0.4 is 10.6 Å². The Morgan fingerprint density at radius 3 is 2.89 bits per heavy atom. The third-order valence-corrected chi connectivity index (χ3v) is 3.07. The molecule has 0 fully saturated rings. The molecule has 18 heavy (non-hydrogen) atoms. The molecule has 2 amide bonds. The first-order valence-electron chi connectivity index (χ1n) is 5.71. The molecule has 0 radical (unpaired) electrons. The van der Waals surface area contributed by atoms with E-state index in [4.69, 9.17) is 5.11 Å². The molecule has 0 aliphatic rings.